The number of aromatic nitrogens is 4. The average molecular weight is 819 g/mol. The molecular weight excluding hydrogens is 765 g/mol. The molecule has 0 radical (unpaired) electrons. The Labute approximate surface area is 348 Å². The van der Waals surface area contributed by atoms with Gasteiger partial charge in [0.2, 0.25) is 11.8 Å². The molecule has 0 spiro atoms. The summed E-state index contributed by atoms with van der Waals surface area (Å²) in [5.74, 6) is 1.89. The van der Waals surface area contributed by atoms with E-state index in [0.29, 0.717) is 24.8 Å². The first-order chi connectivity index (χ1) is 28.8. The van der Waals surface area contributed by atoms with Crippen LogP contribution < -0.4 is 15.4 Å². The number of hydrogen-bond donors (Lipinski definition) is 4. The van der Waals surface area contributed by atoms with Crippen molar-refractivity contribution < 1.29 is 33.4 Å². The third-order valence-electron chi connectivity index (χ3n) is 12.4. The number of likely N-dealkylation sites (tertiary alicyclic amines) is 2. The Bertz CT molecular complexity index is 2470. The molecule has 3 aliphatic rings. The lowest BCUT2D eigenvalue weighted by Gasteiger charge is -2.32. The molecule has 60 heavy (non-hydrogen) atoms. The van der Waals surface area contributed by atoms with Crippen molar-refractivity contribution in [3.05, 3.63) is 65.9 Å². The van der Waals surface area contributed by atoms with Gasteiger partial charge >= 0.3 is 12.2 Å². The van der Waals surface area contributed by atoms with E-state index in [0.717, 1.165) is 74.8 Å². The summed E-state index contributed by atoms with van der Waals surface area (Å²) in [6.45, 7) is 12.7. The summed E-state index contributed by atoms with van der Waals surface area (Å²) in [5, 5.41) is 7.42. The molecule has 3 unspecified atom stereocenters. The van der Waals surface area contributed by atoms with Crippen molar-refractivity contribution in [2.75, 3.05) is 20.8 Å². The van der Waals surface area contributed by atoms with Crippen LogP contribution in [0.3, 0.4) is 0 Å². The molecule has 2 aromatic heterocycles. The van der Waals surface area contributed by atoms with Gasteiger partial charge in [0.15, 0.2) is 0 Å². The first kappa shape index (κ1) is 40.7. The molecule has 0 aliphatic carbocycles. The number of ether oxygens (including phenoxy) is 3. The summed E-state index contributed by atoms with van der Waals surface area (Å²) in [7, 11) is 2.59. The molecule has 2 fully saturated rings. The summed E-state index contributed by atoms with van der Waals surface area (Å²) < 4.78 is 16.0. The van der Waals surface area contributed by atoms with Gasteiger partial charge in [-0.3, -0.25) is 9.59 Å². The molecule has 316 valence electrons. The van der Waals surface area contributed by atoms with Gasteiger partial charge < -0.3 is 44.6 Å². The van der Waals surface area contributed by atoms with Crippen LogP contribution in [0.4, 0.5) is 9.59 Å². The number of carbonyl (C=O) groups excluding carboxylic acids is 4. The van der Waals surface area contributed by atoms with Crippen molar-refractivity contribution in [2.45, 2.75) is 97.6 Å². The topological polar surface area (TPSA) is 184 Å². The van der Waals surface area contributed by atoms with Crippen LogP contribution in [0, 0.1) is 17.8 Å². The van der Waals surface area contributed by atoms with E-state index in [9.17, 15) is 19.2 Å². The smallest absolute Gasteiger partial charge is 0.407 e. The zero-order valence-electron chi connectivity index (χ0n) is 35.4. The minimum Gasteiger partial charge on any atom is -0.488 e. The standard InChI is InChI=1S/C45H54N8O7/c1-22(2)37(50-44(56)58-7)42(54)52-20-24(5)15-35(52)40-46-19-33(48-40)27-10-12-29-28(16-27)21-60-36-18-30-26(17-31(29)36)11-13-32-39(30)49-41(47-32)34-14-9-25(6)53(34)43(55)38(23(3)4)51-45(57)59-8/h10-13,16-19,22-25,34-35,37-38H,9,14-15,20-21H2,1-8H3,(H,46,48)(H,47,49)(H,50,56)(H,51,57)/t24-,25-,34-,35?,37?,38?/m0/s1. The van der Waals surface area contributed by atoms with E-state index in [1.165, 1.54) is 14.2 Å². The molecule has 4 amide bonds. The highest BCUT2D eigenvalue weighted by molar-refractivity contribution is 6.07. The van der Waals surface area contributed by atoms with E-state index in [-0.39, 0.29) is 47.7 Å². The normalized spacial score (nSPS) is 20.8. The van der Waals surface area contributed by atoms with Gasteiger partial charge in [0.25, 0.3) is 0 Å². The Hall–Kier alpha value is -6.12. The Balaban J connectivity index is 1.05. The van der Waals surface area contributed by atoms with Crippen LogP contribution in [-0.2, 0) is 25.7 Å². The number of nitrogens with zero attached hydrogens (tertiary/aromatic N) is 4. The van der Waals surface area contributed by atoms with Gasteiger partial charge in [-0.05, 0) is 90.3 Å². The average Bonchev–Trinajstić information content (AvgIpc) is 4.05. The van der Waals surface area contributed by atoms with Gasteiger partial charge in [0.05, 0.1) is 49.2 Å². The fourth-order valence-corrected chi connectivity index (χ4v) is 9.19. The number of rotatable bonds is 9. The third kappa shape index (κ3) is 7.38. The Morgan fingerprint density at radius 2 is 1.55 bits per heavy atom. The van der Waals surface area contributed by atoms with Crippen molar-refractivity contribution in [3.63, 3.8) is 0 Å². The maximum atomic E-state index is 14.0. The van der Waals surface area contributed by atoms with Crippen LogP contribution in [0.15, 0.2) is 48.7 Å². The van der Waals surface area contributed by atoms with Crippen LogP contribution >= 0.6 is 0 Å². The summed E-state index contributed by atoms with van der Waals surface area (Å²) >= 11 is 0. The number of benzene rings is 3. The number of alkyl carbamates (subject to hydrolysis) is 2. The van der Waals surface area contributed by atoms with Gasteiger partial charge in [-0.1, -0.05) is 52.8 Å². The summed E-state index contributed by atoms with van der Waals surface area (Å²) in [6, 6.07) is 12.7. The van der Waals surface area contributed by atoms with Crippen LogP contribution in [0.1, 0.15) is 90.1 Å². The second-order valence-electron chi connectivity index (χ2n) is 17.2. The monoisotopic (exact) mass is 818 g/mol. The van der Waals surface area contributed by atoms with E-state index in [1.54, 1.807) is 0 Å². The molecule has 0 bridgehead atoms. The number of nitrogens with one attached hydrogen (secondary N) is 4. The molecule has 3 aliphatic heterocycles. The van der Waals surface area contributed by atoms with Gasteiger partial charge in [-0.25, -0.2) is 19.6 Å². The quantitative estimate of drug-likeness (QED) is 0.118. The van der Waals surface area contributed by atoms with Crippen molar-refractivity contribution in [3.8, 4) is 28.1 Å². The SMILES string of the molecule is COC(=O)NC(C(=O)N1C[C@@H](C)CC1c1ncc(-c2ccc3c(c2)COc2cc4c(ccc5[nH]c([C@@H]6CC[C@H](C)N6C(=O)C(NC(=O)OC)C(C)C)nc54)cc2-3)[nH]1)C(C)C. The molecule has 6 atom stereocenters. The van der Waals surface area contributed by atoms with Gasteiger partial charge in [0.1, 0.15) is 36.1 Å². The van der Waals surface area contributed by atoms with E-state index < -0.39 is 24.3 Å². The summed E-state index contributed by atoms with van der Waals surface area (Å²) in [4.78, 5) is 72.6. The second-order valence-corrected chi connectivity index (χ2v) is 17.2. The van der Waals surface area contributed by atoms with Crippen molar-refractivity contribution in [1.29, 1.82) is 0 Å². The molecule has 8 rings (SSSR count). The highest BCUT2D eigenvalue weighted by atomic mass is 16.5. The summed E-state index contributed by atoms with van der Waals surface area (Å²) in [5.41, 5.74) is 6.58. The predicted octanol–water partition coefficient (Wildman–Crippen LogP) is 7.39. The third-order valence-corrected chi connectivity index (χ3v) is 12.4. The predicted molar refractivity (Wildman–Crippen MR) is 226 cm³/mol. The van der Waals surface area contributed by atoms with Gasteiger partial charge in [0, 0.05) is 23.5 Å². The summed E-state index contributed by atoms with van der Waals surface area (Å²) in [6.07, 6.45) is 2.87. The van der Waals surface area contributed by atoms with E-state index >= 15 is 0 Å². The first-order valence-electron chi connectivity index (χ1n) is 20.9. The maximum absolute atomic E-state index is 14.0. The molecule has 5 aromatic rings. The number of carbonyl (C=O) groups is 4. The van der Waals surface area contributed by atoms with E-state index in [1.807, 2.05) is 56.7 Å². The molecule has 5 heterocycles. The zero-order valence-corrected chi connectivity index (χ0v) is 35.4. The van der Waals surface area contributed by atoms with Gasteiger partial charge in [-0.2, -0.15) is 0 Å². The molecule has 2 saturated heterocycles. The highest BCUT2D eigenvalue weighted by Gasteiger charge is 2.42. The Kier molecular flexibility index (Phi) is 10.9. The van der Waals surface area contributed by atoms with Crippen molar-refractivity contribution in [1.82, 2.24) is 40.4 Å². The van der Waals surface area contributed by atoms with Crippen LogP contribution in [-0.4, -0.2) is 92.6 Å². The first-order valence-corrected chi connectivity index (χ1v) is 20.9. The minimum atomic E-state index is -0.726. The molecule has 3 aromatic carbocycles. The molecule has 15 nitrogen and oxygen atoms in total. The van der Waals surface area contributed by atoms with Crippen LogP contribution in [0.2, 0.25) is 0 Å². The van der Waals surface area contributed by atoms with E-state index in [4.69, 9.17) is 24.2 Å². The number of aromatic amines is 2. The fraction of sp³-hybridized carbons (Fsp3) is 0.467. The number of fused-ring (bicyclic) bond motifs is 6. The fourth-order valence-electron chi connectivity index (χ4n) is 9.19. The number of methoxy groups -OCH3 is 2. The van der Waals surface area contributed by atoms with Gasteiger partial charge in [-0.15, -0.1) is 0 Å². The number of imidazole rings is 2. The second kappa shape index (κ2) is 16.1. The van der Waals surface area contributed by atoms with Crippen molar-refractivity contribution in [2.24, 2.45) is 17.8 Å². The Morgan fingerprint density at radius 3 is 2.25 bits per heavy atom. The molecule has 15 heteroatoms. The molecule has 0 saturated carbocycles. The molecule has 4 N–H and O–H groups in total. The molecular formula is C45H54N8O7. The number of amides is 4. The largest absolute Gasteiger partial charge is 0.488 e. The Morgan fingerprint density at radius 1 is 0.833 bits per heavy atom. The lowest BCUT2D eigenvalue weighted by molar-refractivity contribution is -0.137. The highest BCUT2D eigenvalue weighted by Crippen LogP contribution is 2.44. The lowest BCUT2D eigenvalue weighted by atomic mass is 9.92. The van der Waals surface area contributed by atoms with E-state index in [2.05, 4.69) is 63.9 Å². The van der Waals surface area contributed by atoms with Crippen LogP contribution in [0.25, 0.3) is 44.2 Å². The number of H-pyrrole nitrogens is 2. The minimum absolute atomic E-state index is 0.0255. The van der Waals surface area contributed by atoms with Crippen molar-refractivity contribution >= 4 is 45.8 Å². The van der Waals surface area contributed by atoms with Crippen LogP contribution in [0.5, 0.6) is 5.75 Å². The number of hydrogen-bond acceptors (Lipinski definition) is 9. The maximum Gasteiger partial charge on any atom is 0.407 e. The zero-order chi connectivity index (χ0) is 42.6. The lowest BCUT2D eigenvalue weighted by Crippen LogP contribution is -2.52.